The lowest BCUT2D eigenvalue weighted by Crippen LogP contribution is -2.41. The fourth-order valence-corrected chi connectivity index (χ4v) is 5.67. The zero-order valence-electron chi connectivity index (χ0n) is 18.7. The van der Waals surface area contributed by atoms with Crippen molar-refractivity contribution >= 4 is 55.0 Å². The van der Waals surface area contributed by atoms with E-state index in [1.54, 1.807) is 0 Å². The minimum atomic E-state index is -0.393. The summed E-state index contributed by atoms with van der Waals surface area (Å²) in [6, 6.07) is 25.5. The lowest BCUT2D eigenvalue weighted by molar-refractivity contribution is 0.00578. The Morgan fingerprint density at radius 2 is 1.47 bits per heavy atom. The van der Waals surface area contributed by atoms with Crippen LogP contribution in [-0.4, -0.2) is 23.3 Å². The van der Waals surface area contributed by atoms with Crippen molar-refractivity contribution in [3.8, 4) is 11.3 Å². The molecule has 1 aliphatic rings. The van der Waals surface area contributed by atoms with Gasteiger partial charge in [0, 0.05) is 31.1 Å². The summed E-state index contributed by atoms with van der Waals surface area (Å²) in [7, 11) is -0.393. The van der Waals surface area contributed by atoms with E-state index in [0.29, 0.717) is 0 Å². The number of nitrogens with zero attached hydrogens (tertiary/aromatic N) is 1. The van der Waals surface area contributed by atoms with Gasteiger partial charge in [0.25, 0.3) is 0 Å². The van der Waals surface area contributed by atoms with Crippen molar-refractivity contribution in [2.45, 2.75) is 38.9 Å². The molecule has 5 heteroatoms. The molecule has 3 aromatic carbocycles. The Labute approximate surface area is 192 Å². The minimum absolute atomic E-state index is 0.369. The lowest BCUT2D eigenvalue weighted by atomic mass is 9.78. The van der Waals surface area contributed by atoms with Crippen molar-refractivity contribution in [3.63, 3.8) is 0 Å². The molecular formula is C27H24BNO2S. The number of aromatic nitrogens is 1. The summed E-state index contributed by atoms with van der Waals surface area (Å²) in [4.78, 5) is 5.15. The number of thiophene rings is 1. The highest BCUT2D eigenvalue weighted by atomic mass is 32.1. The molecule has 0 N–H and O–H groups in total. The van der Waals surface area contributed by atoms with Gasteiger partial charge in [0.2, 0.25) is 0 Å². The second kappa shape index (κ2) is 6.88. The predicted molar refractivity (Wildman–Crippen MR) is 136 cm³/mol. The second-order valence-electron chi connectivity index (χ2n) is 9.49. The molecule has 1 aliphatic heterocycles. The molecule has 2 aromatic heterocycles. The minimum Gasteiger partial charge on any atom is -0.399 e. The fourth-order valence-electron chi connectivity index (χ4n) is 4.43. The Kier molecular flexibility index (Phi) is 4.29. The van der Waals surface area contributed by atoms with Crippen LogP contribution in [0.4, 0.5) is 0 Å². The van der Waals surface area contributed by atoms with Gasteiger partial charge in [0.1, 0.15) is 0 Å². The maximum absolute atomic E-state index is 6.31. The molecule has 158 valence electrons. The van der Waals surface area contributed by atoms with Gasteiger partial charge >= 0.3 is 7.12 Å². The zero-order valence-corrected chi connectivity index (χ0v) is 19.5. The van der Waals surface area contributed by atoms with E-state index in [-0.39, 0.29) is 11.2 Å². The van der Waals surface area contributed by atoms with Crippen LogP contribution in [0.2, 0.25) is 0 Å². The van der Waals surface area contributed by atoms with Gasteiger partial charge in [-0.15, -0.1) is 11.3 Å². The summed E-state index contributed by atoms with van der Waals surface area (Å²) in [5, 5.41) is 3.67. The summed E-state index contributed by atoms with van der Waals surface area (Å²) < 4.78 is 15.2. The molecule has 0 unspecified atom stereocenters. The summed E-state index contributed by atoms with van der Waals surface area (Å²) in [5.74, 6) is 0. The molecule has 3 heterocycles. The average Bonchev–Trinajstić information content (AvgIpc) is 3.27. The van der Waals surface area contributed by atoms with Crippen LogP contribution >= 0.6 is 11.3 Å². The zero-order chi connectivity index (χ0) is 22.1. The molecule has 0 saturated carbocycles. The van der Waals surface area contributed by atoms with Gasteiger partial charge in [0.05, 0.1) is 22.4 Å². The molecule has 0 spiro atoms. The number of para-hydroxylation sites is 1. The number of rotatable bonds is 2. The van der Waals surface area contributed by atoms with Crippen LogP contribution < -0.4 is 5.46 Å². The monoisotopic (exact) mass is 437 g/mol. The number of hydrogen-bond donors (Lipinski definition) is 0. The Bertz CT molecular complexity index is 1490. The van der Waals surface area contributed by atoms with Gasteiger partial charge in [-0.05, 0) is 45.3 Å². The first-order valence-corrected chi connectivity index (χ1v) is 11.8. The van der Waals surface area contributed by atoms with E-state index in [1.807, 2.05) is 11.3 Å². The molecule has 0 radical (unpaired) electrons. The molecule has 0 amide bonds. The van der Waals surface area contributed by atoms with Crippen molar-refractivity contribution in [2.24, 2.45) is 0 Å². The summed E-state index contributed by atoms with van der Waals surface area (Å²) >= 11 is 1.84. The number of pyridine rings is 1. The summed E-state index contributed by atoms with van der Waals surface area (Å²) in [5.41, 5.74) is 3.38. The van der Waals surface area contributed by atoms with Crippen molar-refractivity contribution < 1.29 is 9.31 Å². The molecule has 1 saturated heterocycles. The van der Waals surface area contributed by atoms with Gasteiger partial charge in [0.15, 0.2) is 0 Å². The van der Waals surface area contributed by atoms with E-state index in [4.69, 9.17) is 14.3 Å². The Balaban J connectivity index is 1.58. The Morgan fingerprint density at radius 1 is 0.781 bits per heavy atom. The molecule has 1 fully saturated rings. The summed E-state index contributed by atoms with van der Waals surface area (Å²) in [6.45, 7) is 8.34. The molecule has 0 aliphatic carbocycles. The van der Waals surface area contributed by atoms with Crippen molar-refractivity contribution in [1.29, 1.82) is 0 Å². The smallest absolute Gasteiger partial charge is 0.399 e. The first kappa shape index (κ1) is 19.9. The number of fused-ring (bicyclic) bond motifs is 5. The van der Waals surface area contributed by atoms with E-state index in [0.717, 1.165) is 22.2 Å². The molecule has 0 bridgehead atoms. The van der Waals surface area contributed by atoms with Crippen LogP contribution in [0, 0.1) is 0 Å². The molecule has 5 aromatic rings. The second-order valence-corrected chi connectivity index (χ2v) is 10.5. The number of benzene rings is 3. The molecule has 0 atom stereocenters. The van der Waals surface area contributed by atoms with Gasteiger partial charge in [-0.3, -0.25) is 0 Å². The predicted octanol–water partition coefficient (Wildman–Crippen LogP) is 6.57. The van der Waals surface area contributed by atoms with Crippen molar-refractivity contribution in [1.82, 2.24) is 4.98 Å². The van der Waals surface area contributed by atoms with E-state index >= 15 is 0 Å². The van der Waals surface area contributed by atoms with Gasteiger partial charge in [-0.25, -0.2) is 4.98 Å². The lowest BCUT2D eigenvalue weighted by Gasteiger charge is -2.32. The summed E-state index contributed by atoms with van der Waals surface area (Å²) in [6.07, 6.45) is 0. The SMILES string of the molecule is CC1(C)OB(c2cccc(-c3nc4ccccc4c4sc5ccccc5c34)c2)OC1(C)C. The largest absolute Gasteiger partial charge is 0.494 e. The van der Waals surface area contributed by atoms with Crippen LogP contribution in [-0.2, 0) is 9.31 Å². The van der Waals surface area contributed by atoms with Crippen LogP contribution in [0.1, 0.15) is 27.7 Å². The first-order valence-electron chi connectivity index (χ1n) is 11.0. The third-order valence-electron chi connectivity index (χ3n) is 6.90. The van der Waals surface area contributed by atoms with Crippen molar-refractivity contribution in [2.75, 3.05) is 0 Å². The highest BCUT2D eigenvalue weighted by molar-refractivity contribution is 7.26. The fraction of sp³-hybridized carbons (Fsp3) is 0.222. The normalized spacial score (nSPS) is 17.6. The van der Waals surface area contributed by atoms with Gasteiger partial charge < -0.3 is 9.31 Å². The van der Waals surface area contributed by atoms with Crippen LogP contribution in [0.15, 0.2) is 72.8 Å². The van der Waals surface area contributed by atoms with Gasteiger partial charge in [-0.2, -0.15) is 0 Å². The first-order chi connectivity index (χ1) is 15.3. The topological polar surface area (TPSA) is 31.4 Å². The molecule has 32 heavy (non-hydrogen) atoms. The van der Waals surface area contributed by atoms with E-state index in [9.17, 15) is 0 Å². The van der Waals surface area contributed by atoms with Crippen LogP contribution in [0.3, 0.4) is 0 Å². The number of hydrogen-bond acceptors (Lipinski definition) is 4. The van der Waals surface area contributed by atoms with E-state index in [2.05, 4.69) is 100 Å². The average molecular weight is 437 g/mol. The van der Waals surface area contributed by atoms with Gasteiger partial charge in [-0.1, -0.05) is 60.7 Å². The third kappa shape index (κ3) is 2.92. The maximum atomic E-state index is 6.31. The van der Waals surface area contributed by atoms with Crippen LogP contribution in [0.25, 0.3) is 42.3 Å². The Hall–Kier alpha value is -2.73. The molecule has 6 rings (SSSR count). The highest BCUT2D eigenvalue weighted by Gasteiger charge is 2.51. The molecule has 3 nitrogen and oxygen atoms in total. The molecular weight excluding hydrogens is 413 g/mol. The quantitative estimate of drug-likeness (QED) is 0.293. The Morgan fingerprint density at radius 3 is 2.25 bits per heavy atom. The maximum Gasteiger partial charge on any atom is 0.494 e. The third-order valence-corrected chi connectivity index (χ3v) is 8.10. The van der Waals surface area contributed by atoms with E-state index in [1.165, 1.54) is 25.6 Å². The van der Waals surface area contributed by atoms with E-state index < -0.39 is 7.12 Å². The van der Waals surface area contributed by atoms with Crippen LogP contribution in [0.5, 0.6) is 0 Å². The standard InChI is InChI=1S/C27H24BNO2S/c1-26(2)27(3,4)31-28(30-26)18-11-9-10-17(16-18)24-23-20-13-6-8-15-22(20)32-25(23)19-12-5-7-14-21(19)29-24/h5-16H,1-4H3. The highest BCUT2D eigenvalue weighted by Crippen LogP contribution is 2.42. The van der Waals surface area contributed by atoms with Crippen molar-refractivity contribution in [3.05, 3.63) is 72.8 Å².